The van der Waals surface area contributed by atoms with Crippen LogP contribution in [-0.4, -0.2) is 5.78 Å². The van der Waals surface area contributed by atoms with Crippen LogP contribution < -0.4 is 0 Å². The lowest BCUT2D eigenvalue weighted by atomic mass is 9.83. The molecule has 1 aromatic heterocycles. The quantitative estimate of drug-likeness (QED) is 0.798. The third-order valence-electron chi connectivity index (χ3n) is 3.80. The first-order valence-electron chi connectivity index (χ1n) is 6.68. The molecule has 0 bridgehead atoms. The number of fused-ring (bicyclic) bond motifs is 1. The van der Waals surface area contributed by atoms with E-state index in [1.54, 1.807) is 17.4 Å². The van der Waals surface area contributed by atoms with Gasteiger partial charge in [0.05, 0.1) is 5.02 Å². The fourth-order valence-corrected chi connectivity index (χ4v) is 3.90. The third-order valence-corrected chi connectivity index (χ3v) is 5.11. The predicted octanol–water partition coefficient (Wildman–Crippen LogP) is 4.77. The number of Topliss-reactive ketones (excluding diaryl/α,β-unsaturated/α-hetero) is 1. The maximum absolute atomic E-state index is 13.4. The van der Waals surface area contributed by atoms with Gasteiger partial charge in [0.25, 0.3) is 0 Å². The number of benzene rings is 1. The van der Waals surface area contributed by atoms with Crippen LogP contribution in [0.3, 0.4) is 0 Å². The third kappa shape index (κ3) is 2.65. The molecule has 0 saturated carbocycles. The zero-order valence-electron chi connectivity index (χ0n) is 10.9. The van der Waals surface area contributed by atoms with Gasteiger partial charge in [-0.1, -0.05) is 17.7 Å². The Hall–Kier alpha value is -1.19. The second-order valence-corrected chi connectivity index (χ2v) is 6.54. The predicted molar refractivity (Wildman–Crippen MR) is 80.1 cm³/mol. The van der Waals surface area contributed by atoms with Gasteiger partial charge in [-0.3, -0.25) is 4.79 Å². The molecule has 1 atom stereocenters. The number of ketones is 1. The van der Waals surface area contributed by atoms with Crippen molar-refractivity contribution in [2.75, 3.05) is 0 Å². The van der Waals surface area contributed by atoms with Gasteiger partial charge in [-0.05, 0) is 54.0 Å². The van der Waals surface area contributed by atoms with E-state index >= 15 is 0 Å². The van der Waals surface area contributed by atoms with E-state index in [1.807, 2.05) is 0 Å². The van der Waals surface area contributed by atoms with E-state index in [9.17, 15) is 9.18 Å². The molecule has 1 aromatic carbocycles. The molecule has 2 aromatic rings. The van der Waals surface area contributed by atoms with Gasteiger partial charge in [-0.2, -0.15) is 0 Å². The molecule has 1 aliphatic carbocycles. The summed E-state index contributed by atoms with van der Waals surface area (Å²) in [6.45, 7) is 0. The highest BCUT2D eigenvalue weighted by Gasteiger charge is 2.27. The second kappa shape index (κ2) is 5.66. The van der Waals surface area contributed by atoms with Gasteiger partial charge in [-0.15, -0.1) is 11.3 Å². The average molecular weight is 309 g/mol. The highest BCUT2D eigenvalue weighted by molar-refractivity contribution is 7.10. The normalized spacial score (nSPS) is 17.8. The molecular formula is C16H14ClFOS. The molecule has 0 saturated heterocycles. The van der Waals surface area contributed by atoms with Crippen LogP contribution in [0.1, 0.15) is 34.8 Å². The molecule has 4 heteroatoms. The number of aryl methyl sites for hydroxylation is 1. The zero-order chi connectivity index (χ0) is 14.1. The Morgan fingerprint density at radius 1 is 1.40 bits per heavy atom. The highest BCUT2D eigenvalue weighted by atomic mass is 35.5. The topological polar surface area (TPSA) is 17.1 Å². The molecule has 0 N–H and O–H groups in total. The lowest BCUT2D eigenvalue weighted by Gasteiger charge is -2.21. The molecule has 1 nitrogen and oxygen atoms in total. The van der Waals surface area contributed by atoms with E-state index in [0.29, 0.717) is 5.56 Å². The van der Waals surface area contributed by atoms with Crippen molar-refractivity contribution in [2.45, 2.75) is 31.6 Å². The first-order chi connectivity index (χ1) is 9.65. The Kier molecular flexibility index (Phi) is 3.90. The Labute approximate surface area is 126 Å². The first kappa shape index (κ1) is 13.8. The number of halogens is 2. The fourth-order valence-electron chi connectivity index (χ4n) is 2.79. The van der Waals surface area contributed by atoms with Crippen LogP contribution in [0, 0.1) is 5.82 Å². The van der Waals surface area contributed by atoms with Crippen molar-refractivity contribution in [1.82, 2.24) is 0 Å². The van der Waals surface area contributed by atoms with Crippen molar-refractivity contribution in [1.29, 1.82) is 0 Å². The minimum atomic E-state index is -0.461. The van der Waals surface area contributed by atoms with Crippen molar-refractivity contribution in [3.05, 3.63) is 56.5 Å². The van der Waals surface area contributed by atoms with E-state index in [1.165, 1.54) is 22.6 Å². The SMILES string of the molecule is O=C(Cc1ccc(Cl)c(F)c1)C1CCCc2sccc21. The maximum Gasteiger partial charge on any atom is 0.144 e. The zero-order valence-corrected chi connectivity index (χ0v) is 12.4. The largest absolute Gasteiger partial charge is 0.299 e. The summed E-state index contributed by atoms with van der Waals surface area (Å²) in [7, 11) is 0. The number of carbonyl (C=O) groups excluding carboxylic acids is 1. The number of rotatable bonds is 3. The highest BCUT2D eigenvalue weighted by Crippen LogP contribution is 2.36. The van der Waals surface area contributed by atoms with E-state index < -0.39 is 5.82 Å². The Morgan fingerprint density at radius 2 is 2.25 bits per heavy atom. The molecule has 1 unspecified atom stereocenters. The lowest BCUT2D eigenvalue weighted by Crippen LogP contribution is -2.19. The molecule has 0 amide bonds. The van der Waals surface area contributed by atoms with Crippen molar-refractivity contribution in [3.8, 4) is 0 Å². The summed E-state index contributed by atoms with van der Waals surface area (Å²) in [6.07, 6.45) is 3.30. The number of carbonyl (C=O) groups is 1. The second-order valence-electron chi connectivity index (χ2n) is 5.14. The van der Waals surface area contributed by atoms with Gasteiger partial charge < -0.3 is 0 Å². The first-order valence-corrected chi connectivity index (χ1v) is 7.94. The minimum absolute atomic E-state index is 0.0243. The molecule has 0 radical (unpaired) electrons. The van der Waals surface area contributed by atoms with Gasteiger partial charge in [0.15, 0.2) is 0 Å². The van der Waals surface area contributed by atoms with Gasteiger partial charge in [0, 0.05) is 17.2 Å². The van der Waals surface area contributed by atoms with Crippen LogP contribution in [-0.2, 0) is 17.6 Å². The van der Waals surface area contributed by atoms with E-state index in [2.05, 4.69) is 11.4 Å². The average Bonchev–Trinajstić information content (AvgIpc) is 2.91. The molecule has 0 fully saturated rings. The summed E-state index contributed by atoms with van der Waals surface area (Å²) in [6, 6.07) is 6.65. The molecule has 1 aliphatic rings. The standard InChI is InChI=1S/C16H14ClFOS/c17-13-5-4-10(8-14(13)18)9-15(19)11-2-1-3-16-12(11)6-7-20-16/h4-8,11H,1-3,9H2. The lowest BCUT2D eigenvalue weighted by molar-refractivity contribution is -0.120. The summed E-state index contributed by atoms with van der Waals surface area (Å²) < 4.78 is 13.4. The Balaban J connectivity index is 1.79. The van der Waals surface area contributed by atoms with Crippen molar-refractivity contribution >= 4 is 28.7 Å². The van der Waals surface area contributed by atoms with Crippen molar-refractivity contribution < 1.29 is 9.18 Å². The summed E-state index contributed by atoms with van der Waals surface area (Å²) in [5.74, 6) is -0.313. The smallest absolute Gasteiger partial charge is 0.144 e. The molecule has 3 rings (SSSR count). The maximum atomic E-state index is 13.4. The van der Waals surface area contributed by atoms with Crippen molar-refractivity contribution in [2.24, 2.45) is 0 Å². The number of thiophene rings is 1. The van der Waals surface area contributed by atoms with Crippen molar-refractivity contribution in [3.63, 3.8) is 0 Å². The van der Waals surface area contributed by atoms with Gasteiger partial charge in [0.2, 0.25) is 0 Å². The van der Waals surface area contributed by atoms with Crippen LogP contribution >= 0.6 is 22.9 Å². The Morgan fingerprint density at radius 3 is 3.05 bits per heavy atom. The molecule has 0 spiro atoms. The van der Waals surface area contributed by atoms with E-state index in [4.69, 9.17) is 11.6 Å². The van der Waals surface area contributed by atoms with E-state index in [-0.39, 0.29) is 23.1 Å². The van der Waals surface area contributed by atoms with Crippen LogP contribution in [0.2, 0.25) is 5.02 Å². The molecule has 20 heavy (non-hydrogen) atoms. The van der Waals surface area contributed by atoms with Gasteiger partial charge >= 0.3 is 0 Å². The molecular weight excluding hydrogens is 295 g/mol. The number of hydrogen-bond donors (Lipinski definition) is 0. The van der Waals surface area contributed by atoms with Crippen LogP contribution in [0.4, 0.5) is 4.39 Å². The summed E-state index contributed by atoms with van der Waals surface area (Å²) in [5.41, 5.74) is 1.87. The van der Waals surface area contributed by atoms with Crippen LogP contribution in [0.5, 0.6) is 0 Å². The molecule has 1 heterocycles. The summed E-state index contributed by atoms with van der Waals surface area (Å²) >= 11 is 7.39. The van der Waals surface area contributed by atoms with E-state index in [0.717, 1.165) is 19.3 Å². The monoisotopic (exact) mass is 308 g/mol. The number of hydrogen-bond acceptors (Lipinski definition) is 2. The molecule has 104 valence electrons. The van der Waals surface area contributed by atoms with Crippen LogP contribution in [0.15, 0.2) is 29.6 Å². The van der Waals surface area contributed by atoms with Gasteiger partial charge in [-0.25, -0.2) is 4.39 Å². The Bertz CT molecular complexity index is 650. The fraction of sp³-hybridized carbons (Fsp3) is 0.312. The van der Waals surface area contributed by atoms with Crippen LogP contribution in [0.25, 0.3) is 0 Å². The van der Waals surface area contributed by atoms with Gasteiger partial charge in [0.1, 0.15) is 11.6 Å². The minimum Gasteiger partial charge on any atom is -0.299 e. The molecule has 0 aliphatic heterocycles. The summed E-state index contributed by atoms with van der Waals surface area (Å²) in [4.78, 5) is 13.8. The summed E-state index contributed by atoms with van der Waals surface area (Å²) in [5, 5.41) is 2.15.